The summed E-state index contributed by atoms with van der Waals surface area (Å²) in [5.41, 5.74) is 1.49. The number of imidazole rings is 1. The first-order valence-corrected chi connectivity index (χ1v) is 11.5. The van der Waals surface area contributed by atoms with Gasteiger partial charge in [0.15, 0.2) is 0 Å². The number of rotatable bonds is 10. The van der Waals surface area contributed by atoms with Gasteiger partial charge in [0.2, 0.25) is 15.9 Å². The number of aryl methyl sites for hydroxylation is 2. The van der Waals surface area contributed by atoms with Gasteiger partial charge in [-0.15, -0.1) is 0 Å². The van der Waals surface area contributed by atoms with E-state index in [0.29, 0.717) is 31.4 Å². The number of sulfonamides is 1. The molecule has 1 N–H and O–H groups in total. The van der Waals surface area contributed by atoms with E-state index < -0.39 is 10.0 Å². The van der Waals surface area contributed by atoms with Gasteiger partial charge in [0, 0.05) is 39.0 Å². The van der Waals surface area contributed by atoms with Crippen molar-refractivity contribution in [3.63, 3.8) is 0 Å². The monoisotopic (exact) mass is 408 g/mol. The van der Waals surface area contributed by atoms with E-state index in [2.05, 4.69) is 24.1 Å². The number of benzene rings is 1. The van der Waals surface area contributed by atoms with Gasteiger partial charge in [-0.3, -0.25) is 4.79 Å². The molecule has 1 heterocycles. The van der Waals surface area contributed by atoms with Crippen LogP contribution >= 0.6 is 0 Å². The molecule has 7 nitrogen and oxygen atoms in total. The molecular formula is C20H32N4O3S. The summed E-state index contributed by atoms with van der Waals surface area (Å²) in [6.07, 6.45) is 2.70. The highest BCUT2D eigenvalue weighted by molar-refractivity contribution is 7.89. The Morgan fingerprint density at radius 1 is 1.18 bits per heavy atom. The lowest BCUT2D eigenvalue weighted by Gasteiger charge is -2.18. The molecule has 28 heavy (non-hydrogen) atoms. The lowest BCUT2D eigenvalue weighted by Crippen LogP contribution is -2.34. The summed E-state index contributed by atoms with van der Waals surface area (Å²) in [6, 6.07) is 5.24. The largest absolute Gasteiger partial charge is 0.353 e. The first kappa shape index (κ1) is 22.4. The third-order valence-electron chi connectivity index (χ3n) is 5.21. The van der Waals surface area contributed by atoms with E-state index in [1.807, 2.05) is 25.5 Å². The quantitative estimate of drug-likeness (QED) is 0.655. The molecular weight excluding hydrogens is 376 g/mol. The minimum absolute atomic E-state index is 0.0190. The van der Waals surface area contributed by atoms with E-state index in [9.17, 15) is 13.2 Å². The van der Waals surface area contributed by atoms with E-state index in [4.69, 9.17) is 0 Å². The summed E-state index contributed by atoms with van der Waals surface area (Å²) in [4.78, 5) is 17.0. The van der Waals surface area contributed by atoms with Gasteiger partial charge in [-0.2, -0.15) is 4.31 Å². The maximum absolute atomic E-state index is 12.7. The first-order valence-electron chi connectivity index (χ1n) is 10.0. The molecule has 0 spiro atoms. The van der Waals surface area contributed by atoms with Gasteiger partial charge in [0.25, 0.3) is 0 Å². The molecule has 156 valence electrons. The van der Waals surface area contributed by atoms with Gasteiger partial charge in [-0.1, -0.05) is 27.7 Å². The minimum Gasteiger partial charge on any atom is -0.353 e. The van der Waals surface area contributed by atoms with Crippen molar-refractivity contribution in [1.82, 2.24) is 19.2 Å². The summed E-state index contributed by atoms with van der Waals surface area (Å²) < 4.78 is 28.8. The van der Waals surface area contributed by atoms with Crippen LogP contribution in [-0.2, 0) is 28.3 Å². The summed E-state index contributed by atoms with van der Waals surface area (Å²) in [6.45, 7) is 8.62. The zero-order valence-corrected chi connectivity index (χ0v) is 18.3. The van der Waals surface area contributed by atoms with Crippen molar-refractivity contribution >= 4 is 27.0 Å². The number of carbonyl (C=O) groups excluding carboxylic acids is 1. The predicted molar refractivity (Wildman–Crippen MR) is 112 cm³/mol. The average Bonchev–Trinajstić information content (AvgIpc) is 3.00. The zero-order valence-electron chi connectivity index (χ0n) is 17.5. The van der Waals surface area contributed by atoms with Crippen molar-refractivity contribution in [2.24, 2.45) is 7.05 Å². The zero-order chi connectivity index (χ0) is 20.9. The number of nitrogens with one attached hydrogen (secondary N) is 1. The molecule has 1 aromatic carbocycles. The van der Waals surface area contributed by atoms with Crippen LogP contribution in [-0.4, -0.2) is 47.3 Å². The van der Waals surface area contributed by atoms with Crippen LogP contribution in [0.15, 0.2) is 23.1 Å². The smallest absolute Gasteiger partial charge is 0.243 e. The van der Waals surface area contributed by atoms with Gasteiger partial charge in [-0.25, -0.2) is 13.4 Å². The topological polar surface area (TPSA) is 84.3 Å². The van der Waals surface area contributed by atoms with Gasteiger partial charge in [-0.05, 0) is 31.0 Å². The van der Waals surface area contributed by atoms with Crippen LogP contribution < -0.4 is 5.32 Å². The Kier molecular flexibility index (Phi) is 7.60. The average molecular weight is 409 g/mol. The molecule has 0 aliphatic carbocycles. The number of amides is 1. The molecule has 0 atom stereocenters. The Bertz CT molecular complexity index is 913. The fourth-order valence-electron chi connectivity index (χ4n) is 3.34. The molecule has 2 aromatic rings. The minimum atomic E-state index is -3.52. The summed E-state index contributed by atoms with van der Waals surface area (Å²) in [5.74, 6) is 0.789. The van der Waals surface area contributed by atoms with Gasteiger partial charge in [0.05, 0.1) is 15.9 Å². The third kappa shape index (κ3) is 4.72. The highest BCUT2D eigenvalue weighted by Gasteiger charge is 2.22. The molecule has 8 heteroatoms. The van der Waals surface area contributed by atoms with Gasteiger partial charge in [0.1, 0.15) is 5.82 Å². The Labute approximate surface area is 168 Å². The Balaban J connectivity index is 2.22. The van der Waals surface area contributed by atoms with Crippen molar-refractivity contribution in [2.75, 3.05) is 13.1 Å². The highest BCUT2D eigenvalue weighted by Crippen LogP contribution is 2.22. The Morgan fingerprint density at radius 3 is 2.39 bits per heavy atom. The number of aromatic nitrogens is 2. The van der Waals surface area contributed by atoms with Gasteiger partial charge >= 0.3 is 0 Å². The van der Waals surface area contributed by atoms with Crippen LogP contribution in [0, 0.1) is 0 Å². The molecule has 0 aliphatic heterocycles. The molecule has 0 unspecified atom stereocenters. The van der Waals surface area contributed by atoms with Crippen molar-refractivity contribution in [3.05, 3.63) is 24.0 Å². The number of nitrogens with zero attached hydrogens (tertiary/aromatic N) is 3. The Hall–Kier alpha value is -1.93. The van der Waals surface area contributed by atoms with Crippen LogP contribution in [0.2, 0.25) is 0 Å². The normalized spacial score (nSPS) is 12.2. The van der Waals surface area contributed by atoms with Crippen molar-refractivity contribution in [2.45, 2.75) is 64.3 Å². The molecule has 0 saturated carbocycles. The molecule has 0 fully saturated rings. The van der Waals surface area contributed by atoms with Crippen LogP contribution in [0.5, 0.6) is 0 Å². The first-order chi connectivity index (χ1) is 13.3. The molecule has 1 aromatic heterocycles. The SMILES string of the molecule is CCC(CC)NC(=O)CCc1nc2cc(S(=O)(=O)N(CC)CC)ccc2n1C. The van der Waals surface area contributed by atoms with E-state index in [-0.39, 0.29) is 16.8 Å². The summed E-state index contributed by atoms with van der Waals surface area (Å²) >= 11 is 0. The van der Waals surface area contributed by atoms with Crippen LogP contribution in [0.4, 0.5) is 0 Å². The van der Waals surface area contributed by atoms with Crippen LogP contribution in [0.1, 0.15) is 52.8 Å². The maximum Gasteiger partial charge on any atom is 0.243 e. The van der Waals surface area contributed by atoms with E-state index >= 15 is 0 Å². The third-order valence-corrected chi connectivity index (χ3v) is 7.26. The molecule has 0 bridgehead atoms. The van der Waals surface area contributed by atoms with Crippen LogP contribution in [0.3, 0.4) is 0 Å². The summed E-state index contributed by atoms with van der Waals surface area (Å²) in [7, 11) is -1.63. The second kappa shape index (κ2) is 9.52. The Morgan fingerprint density at radius 2 is 1.82 bits per heavy atom. The second-order valence-corrected chi connectivity index (χ2v) is 8.85. The lowest BCUT2D eigenvalue weighted by atomic mass is 10.1. The number of fused-ring (bicyclic) bond motifs is 1. The van der Waals surface area contributed by atoms with E-state index in [1.54, 1.807) is 18.2 Å². The fraction of sp³-hybridized carbons (Fsp3) is 0.600. The fourth-order valence-corrected chi connectivity index (χ4v) is 4.82. The number of carbonyl (C=O) groups is 1. The van der Waals surface area contributed by atoms with E-state index in [0.717, 1.165) is 24.2 Å². The standard InChI is InChI=1S/C20H32N4O3S/c1-6-15(7-2)21-20(25)13-12-19-22-17-14-16(10-11-18(17)23(19)5)28(26,27)24(8-3)9-4/h10-11,14-15H,6-9,12-13H2,1-5H3,(H,21,25). The molecule has 2 rings (SSSR count). The van der Waals surface area contributed by atoms with E-state index in [1.165, 1.54) is 4.31 Å². The molecule has 1 amide bonds. The van der Waals surface area contributed by atoms with Crippen molar-refractivity contribution < 1.29 is 13.2 Å². The molecule has 0 saturated heterocycles. The van der Waals surface area contributed by atoms with Gasteiger partial charge < -0.3 is 9.88 Å². The summed E-state index contributed by atoms with van der Waals surface area (Å²) in [5, 5.41) is 3.03. The molecule has 0 radical (unpaired) electrons. The van der Waals surface area contributed by atoms with Crippen LogP contribution in [0.25, 0.3) is 11.0 Å². The maximum atomic E-state index is 12.7. The second-order valence-electron chi connectivity index (χ2n) is 6.91. The van der Waals surface area contributed by atoms with Crippen molar-refractivity contribution in [1.29, 1.82) is 0 Å². The van der Waals surface area contributed by atoms with Crippen molar-refractivity contribution in [3.8, 4) is 0 Å². The predicted octanol–water partition coefficient (Wildman–Crippen LogP) is 2.84. The highest BCUT2D eigenvalue weighted by atomic mass is 32.2. The number of hydrogen-bond acceptors (Lipinski definition) is 4. The molecule has 0 aliphatic rings. The lowest BCUT2D eigenvalue weighted by molar-refractivity contribution is -0.121. The number of hydrogen-bond donors (Lipinski definition) is 1.